The van der Waals surface area contributed by atoms with E-state index in [4.69, 9.17) is 0 Å². The molecule has 0 radical (unpaired) electrons. The monoisotopic (exact) mass is 267 g/mol. The number of hydrogen-bond acceptors (Lipinski definition) is 3. The molecule has 0 atom stereocenters. The minimum atomic E-state index is 0.295. The van der Waals surface area contributed by atoms with Gasteiger partial charge in [-0.1, -0.05) is 24.3 Å². The van der Waals surface area contributed by atoms with Gasteiger partial charge in [0.15, 0.2) is 0 Å². The van der Waals surface area contributed by atoms with Crippen LogP contribution in [0.15, 0.2) is 42.6 Å². The highest BCUT2D eigenvalue weighted by Crippen LogP contribution is 2.29. The van der Waals surface area contributed by atoms with Gasteiger partial charge in [-0.2, -0.15) is 5.10 Å². The van der Waals surface area contributed by atoms with Crippen LogP contribution in [0.2, 0.25) is 0 Å². The van der Waals surface area contributed by atoms with Crippen LogP contribution in [0.4, 0.5) is 0 Å². The fourth-order valence-corrected chi connectivity index (χ4v) is 2.46. The molecular weight excluding hydrogens is 250 g/mol. The molecular formula is C16H17N3O. The number of aromatic nitrogens is 2. The molecule has 20 heavy (non-hydrogen) atoms. The number of rotatable bonds is 3. The van der Waals surface area contributed by atoms with Gasteiger partial charge in [0.2, 0.25) is 0 Å². The van der Waals surface area contributed by atoms with E-state index in [0.717, 1.165) is 28.7 Å². The number of phenolic OH excluding ortho intramolecular Hbond substituents is 1. The summed E-state index contributed by atoms with van der Waals surface area (Å²) in [5, 5.41) is 19.5. The topological polar surface area (TPSA) is 50.1 Å². The molecule has 0 bridgehead atoms. The Bertz CT molecular complexity index is 762. The molecule has 4 nitrogen and oxygen atoms in total. The van der Waals surface area contributed by atoms with E-state index in [1.54, 1.807) is 6.07 Å². The van der Waals surface area contributed by atoms with Crippen LogP contribution in [0.5, 0.6) is 5.75 Å². The average molecular weight is 267 g/mol. The summed E-state index contributed by atoms with van der Waals surface area (Å²) < 4.78 is 1.88. The number of benzene rings is 2. The Kier molecular flexibility index (Phi) is 3.16. The molecule has 0 unspecified atom stereocenters. The molecule has 3 rings (SSSR count). The SMILES string of the molecule is CNCc1cn(-c2cccc3c(O)cccc23)nc1C. The molecule has 0 amide bonds. The highest BCUT2D eigenvalue weighted by atomic mass is 16.3. The van der Waals surface area contributed by atoms with Crippen molar-refractivity contribution in [1.29, 1.82) is 0 Å². The number of nitrogens with zero attached hydrogens (tertiary/aromatic N) is 2. The molecule has 0 saturated heterocycles. The van der Waals surface area contributed by atoms with Crippen molar-refractivity contribution in [1.82, 2.24) is 15.1 Å². The number of hydrogen-bond donors (Lipinski definition) is 2. The molecule has 3 aromatic rings. The maximum absolute atomic E-state index is 9.95. The predicted octanol–water partition coefficient (Wildman–Crippen LogP) is 2.76. The van der Waals surface area contributed by atoms with Gasteiger partial charge < -0.3 is 10.4 Å². The van der Waals surface area contributed by atoms with E-state index in [1.807, 2.05) is 55.2 Å². The molecule has 0 saturated carbocycles. The molecule has 102 valence electrons. The lowest BCUT2D eigenvalue weighted by atomic mass is 10.1. The van der Waals surface area contributed by atoms with Gasteiger partial charge in [0, 0.05) is 29.1 Å². The second kappa shape index (κ2) is 4.98. The summed E-state index contributed by atoms with van der Waals surface area (Å²) in [4.78, 5) is 0. The highest BCUT2D eigenvalue weighted by molar-refractivity contribution is 5.94. The van der Waals surface area contributed by atoms with E-state index in [-0.39, 0.29) is 0 Å². The smallest absolute Gasteiger partial charge is 0.123 e. The number of fused-ring (bicyclic) bond motifs is 1. The predicted molar refractivity (Wildman–Crippen MR) is 80.2 cm³/mol. The Balaban J connectivity index is 2.19. The zero-order valence-corrected chi connectivity index (χ0v) is 11.6. The lowest BCUT2D eigenvalue weighted by Gasteiger charge is -2.07. The van der Waals surface area contributed by atoms with Crippen molar-refractivity contribution in [3.63, 3.8) is 0 Å². The Morgan fingerprint density at radius 2 is 1.90 bits per heavy atom. The van der Waals surface area contributed by atoms with Crippen molar-refractivity contribution in [2.24, 2.45) is 0 Å². The van der Waals surface area contributed by atoms with Gasteiger partial charge in [-0.15, -0.1) is 0 Å². The highest BCUT2D eigenvalue weighted by Gasteiger charge is 2.09. The molecule has 0 aliphatic carbocycles. The number of aromatic hydroxyl groups is 1. The van der Waals surface area contributed by atoms with Gasteiger partial charge in [-0.05, 0) is 26.1 Å². The Morgan fingerprint density at radius 1 is 1.15 bits per heavy atom. The molecule has 0 fully saturated rings. The Labute approximate surface area is 117 Å². The third-order valence-electron chi connectivity index (χ3n) is 3.49. The maximum Gasteiger partial charge on any atom is 0.123 e. The average Bonchev–Trinajstić information content (AvgIpc) is 2.81. The fourth-order valence-electron chi connectivity index (χ4n) is 2.46. The van der Waals surface area contributed by atoms with Gasteiger partial charge in [0.05, 0.1) is 11.4 Å². The summed E-state index contributed by atoms with van der Waals surface area (Å²) in [7, 11) is 1.92. The summed E-state index contributed by atoms with van der Waals surface area (Å²) >= 11 is 0. The standard InChI is InChI=1S/C16H17N3O/c1-11-12(9-17-2)10-19(18-11)15-7-3-6-14-13(15)5-4-8-16(14)20/h3-8,10,17,20H,9H2,1-2H3. The van der Waals surface area contributed by atoms with Crippen LogP contribution in [0.25, 0.3) is 16.5 Å². The van der Waals surface area contributed by atoms with Crippen LogP contribution in [-0.4, -0.2) is 21.9 Å². The molecule has 2 aromatic carbocycles. The molecule has 0 spiro atoms. The van der Waals surface area contributed by atoms with Crippen LogP contribution in [0.1, 0.15) is 11.3 Å². The normalized spacial score (nSPS) is 11.1. The van der Waals surface area contributed by atoms with E-state index in [2.05, 4.69) is 10.4 Å². The van der Waals surface area contributed by atoms with Crippen molar-refractivity contribution in [3.05, 3.63) is 53.9 Å². The van der Waals surface area contributed by atoms with E-state index in [9.17, 15) is 5.11 Å². The van der Waals surface area contributed by atoms with Gasteiger partial charge in [0.25, 0.3) is 0 Å². The van der Waals surface area contributed by atoms with Crippen LogP contribution in [0, 0.1) is 6.92 Å². The first-order valence-corrected chi connectivity index (χ1v) is 6.61. The minimum absolute atomic E-state index is 0.295. The number of nitrogens with one attached hydrogen (secondary N) is 1. The van der Waals surface area contributed by atoms with E-state index < -0.39 is 0 Å². The minimum Gasteiger partial charge on any atom is -0.507 e. The second-order valence-corrected chi connectivity index (χ2v) is 4.86. The second-order valence-electron chi connectivity index (χ2n) is 4.86. The zero-order chi connectivity index (χ0) is 14.1. The first-order valence-electron chi connectivity index (χ1n) is 6.61. The van der Waals surface area contributed by atoms with Gasteiger partial charge in [-0.25, -0.2) is 4.68 Å². The summed E-state index contributed by atoms with van der Waals surface area (Å²) in [5.41, 5.74) is 3.16. The van der Waals surface area contributed by atoms with Crippen LogP contribution in [0.3, 0.4) is 0 Å². The fraction of sp³-hybridized carbons (Fsp3) is 0.188. The number of phenols is 1. The van der Waals surface area contributed by atoms with Crippen LogP contribution in [-0.2, 0) is 6.54 Å². The quantitative estimate of drug-likeness (QED) is 0.767. The third kappa shape index (κ3) is 2.04. The van der Waals surface area contributed by atoms with Crippen LogP contribution >= 0.6 is 0 Å². The maximum atomic E-state index is 9.95. The van der Waals surface area contributed by atoms with Crippen molar-refractivity contribution >= 4 is 10.8 Å². The summed E-state index contributed by atoms with van der Waals surface area (Å²) in [6.45, 7) is 2.80. The lowest BCUT2D eigenvalue weighted by molar-refractivity contribution is 0.481. The van der Waals surface area contributed by atoms with Gasteiger partial charge in [-0.3, -0.25) is 0 Å². The van der Waals surface area contributed by atoms with E-state index in [1.165, 1.54) is 5.56 Å². The van der Waals surface area contributed by atoms with Crippen molar-refractivity contribution in [3.8, 4) is 11.4 Å². The van der Waals surface area contributed by atoms with Crippen molar-refractivity contribution < 1.29 is 5.11 Å². The van der Waals surface area contributed by atoms with Gasteiger partial charge in [0.1, 0.15) is 5.75 Å². The van der Waals surface area contributed by atoms with Crippen molar-refractivity contribution in [2.75, 3.05) is 7.05 Å². The summed E-state index contributed by atoms with van der Waals surface area (Å²) in [6, 6.07) is 11.4. The molecule has 0 aliphatic rings. The Hall–Kier alpha value is -2.33. The molecule has 0 aliphatic heterocycles. The first-order chi connectivity index (χ1) is 9.70. The zero-order valence-electron chi connectivity index (χ0n) is 11.6. The van der Waals surface area contributed by atoms with E-state index in [0.29, 0.717) is 5.75 Å². The van der Waals surface area contributed by atoms with Gasteiger partial charge >= 0.3 is 0 Å². The first kappa shape index (κ1) is 12.7. The number of aryl methyl sites for hydroxylation is 1. The Morgan fingerprint density at radius 3 is 2.70 bits per heavy atom. The van der Waals surface area contributed by atoms with Crippen LogP contribution < -0.4 is 5.32 Å². The molecule has 1 heterocycles. The molecule has 4 heteroatoms. The molecule has 2 N–H and O–H groups in total. The van der Waals surface area contributed by atoms with E-state index >= 15 is 0 Å². The largest absolute Gasteiger partial charge is 0.507 e. The summed E-state index contributed by atoms with van der Waals surface area (Å²) in [6.07, 6.45) is 2.03. The lowest BCUT2D eigenvalue weighted by Crippen LogP contribution is -2.05. The molecule has 1 aromatic heterocycles. The summed E-state index contributed by atoms with van der Waals surface area (Å²) in [5.74, 6) is 0.295. The van der Waals surface area contributed by atoms with Crippen molar-refractivity contribution in [2.45, 2.75) is 13.5 Å². The third-order valence-corrected chi connectivity index (χ3v) is 3.49.